The molecule has 0 bridgehead atoms. The molecule has 2 aromatic carbocycles. The summed E-state index contributed by atoms with van der Waals surface area (Å²) in [4.78, 5) is 32.0. The van der Waals surface area contributed by atoms with E-state index in [0.717, 1.165) is 39.4 Å². The first-order chi connectivity index (χ1) is 16.3. The molecule has 178 valence electrons. The lowest BCUT2D eigenvalue weighted by Crippen LogP contribution is -2.35. The van der Waals surface area contributed by atoms with Crippen molar-refractivity contribution in [1.29, 1.82) is 0 Å². The van der Waals surface area contributed by atoms with Gasteiger partial charge in [0.25, 0.3) is 5.91 Å². The molecule has 0 radical (unpaired) electrons. The van der Waals surface area contributed by atoms with Crippen LogP contribution in [0.5, 0.6) is 5.75 Å². The molecule has 5 rings (SSSR count). The zero-order valence-electron chi connectivity index (χ0n) is 19.7. The highest BCUT2D eigenvalue weighted by Crippen LogP contribution is 2.35. The third kappa shape index (κ3) is 4.73. The highest BCUT2D eigenvalue weighted by atomic mass is 32.1. The van der Waals surface area contributed by atoms with E-state index in [-0.39, 0.29) is 24.0 Å². The molecule has 3 aromatic rings. The number of nitrogens with zero attached hydrogens (tertiary/aromatic N) is 2. The number of carbonyl (C=O) groups is 2. The van der Waals surface area contributed by atoms with Crippen LogP contribution in [0.25, 0.3) is 10.2 Å². The van der Waals surface area contributed by atoms with Gasteiger partial charge in [-0.25, -0.2) is 9.78 Å². The van der Waals surface area contributed by atoms with E-state index in [0.29, 0.717) is 25.3 Å². The smallest absolute Gasteiger partial charge is 0.410 e. The molecule has 1 N–H and O–H groups in total. The zero-order chi connectivity index (χ0) is 23.9. The number of amides is 2. The maximum atomic E-state index is 13.0. The minimum absolute atomic E-state index is 0.0671. The van der Waals surface area contributed by atoms with Crippen molar-refractivity contribution < 1.29 is 19.1 Å². The largest absolute Gasteiger partial charge is 0.493 e. The number of carbonyl (C=O) groups excluding carboxylic acids is 2. The summed E-state index contributed by atoms with van der Waals surface area (Å²) in [5.41, 5.74) is 2.01. The number of para-hydroxylation sites is 1. The lowest BCUT2D eigenvalue weighted by atomic mass is 10.00. The Morgan fingerprint density at radius 2 is 2.00 bits per heavy atom. The van der Waals surface area contributed by atoms with Gasteiger partial charge in [-0.1, -0.05) is 18.2 Å². The van der Waals surface area contributed by atoms with Crippen LogP contribution in [-0.2, 0) is 4.74 Å². The number of hydrogen-bond donors (Lipinski definition) is 1. The highest BCUT2D eigenvalue weighted by molar-refractivity contribution is 7.18. The SMILES string of the molecule is CC(C)(C)OC(=O)N1CCC(c2nc3ccc(C(=O)NC4CCOc5ccccc54)cc3s2)C1. The minimum atomic E-state index is -0.505. The van der Waals surface area contributed by atoms with Crippen molar-refractivity contribution in [3.63, 3.8) is 0 Å². The summed E-state index contributed by atoms with van der Waals surface area (Å²) in [6, 6.07) is 13.4. The molecule has 7 nitrogen and oxygen atoms in total. The average molecular weight is 480 g/mol. The van der Waals surface area contributed by atoms with E-state index in [9.17, 15) is 9.59 Å². The van der Waals surface area contributed by atoms with Gasteiger partial charge in [-0.05, 0) is 51.5 Å². The summed E-state index contributed by atoms with van der Waals surface area (Å²) in [6.07, 6.45) is 1.32. The van der Waals surface area contributed by atoms with Crippen molar-refractivity contribution in [3.8, 4) is 5.75 Å². The Labute approximate surface area is 203 Å². The number of aromatic nitrogens is 1. The van der Waals surface area contributed by atoms with Crippen LogP contribution in [0.2, 0.25) is 0 Å². The molecule has 2 aliphatic heterocycles. The Hall–Kier alpha value is -3.13. The number of hydrogen-bond acceptors (Lipinski definition) is 6. The monoisotopic (exact) mass is 479 g/mol. The van der Waals surface area contributed by atoms with Crippen molar-refractivity contribution in [2.75, 3.05) is 19.7 Å². The predicted octanol–water partition coefficient (Wildman–Crippen LogP) is 5.27. The number of likely N-dealkylation sites (tertiary alicyclic amines) is 1. The molecule has 3 heterocycles. The van der Waals surface area contributed by atoms with Gasteiger partial charge >= 0.3 is 6.09 Å². The summed E-state index contributed by atoms with van der Waals surface area (Å²) >= 11 is 1.60. The van der Waals surface area contributed by atoms with E-state index in [1.165, 1.54) is 0 Å². The molecule has 0 spiro atoms. The summed E-state index contributed by atoms with van der Waals surface area (Å²) in [5, 5.41) is 4.16. The van der Waals surface area contributed by atoms with E-state index in [1.54, 1.807) is 16.2 Å². The van der Waals surface area contributed by atoms with E-state index in [2.05, 4.69) is 5.32 Å². The average Bonchev–Trinajstić information content (AvgIpc) is 3.45. The van der Waals surface area contributed by atoms with E-state index < -0.39 is 5.60 Å². The Balaban J connectivity index is 1.28. The van der Waals surface area contributed by atoms with Crippen LogP contribution in [0.1, 0.15) is 66.5 Å². The van der Waals surface area contributed by atoms with Gasteiger partial charge in [-0.2, -0.15) is 0 Å². The number of fused-ring (bicyclic) bond motifs is 2. The van der Waals surface area contributed by atoms with Crippen molar-refractivity contribution in [3.05, 3.63) is 58.6 Å². The predicted molar refractivity (Wildman–Crippen MR) is 132 cm³/mol. The Kier molecular flexibility index (Phi) is 5.93. The topological polar surface area (TPSA) is 80.8 Å². The number of nitrogens with one attached hydrogen (secondary N) is 1. The van der Waals surface area contributed by atoms with Crippen LogP contribution in [-0.4, -0.2) is 47.2 Å². The van der Waals surface area contributed by atoms with Crippen molar-refractivity contribution in [2.45, 2.75) is 51.2 Å². The molecule has 0 saturated carbocycles. The second-order valence-electron chi connectivity index (χ2n) is 9.85. The lowest BCUT2D eigenvalue weighted by Gasteiger charge is -2.26. The fraction of sp³-hybridized carbons (Fsp3) is 0.423. The third-order valence-electron chi connectivity index (χ3n) is 6.12. The Bertz CT molecular complexity index is 1230. The van der Waals surface area contributed by atoms with Gasteiger partial charge in [0.1, 0.15) is 11.4 Å². The van der Waals surface area contributed by atoms with Crippen molar-refractivity contribution in [2.24, 2.45) is 0 Å². The van der Waals surface area contributed by atoms with Crippen LogP contribution in [0.15, 0.2) is 42.5 Å². The molecule has 0 aliphatic carbocycles. The van der Waals surface area contributed by atoms with Gasteiger partial charge in [0.15, 0.2) is 0 Å². The van der Waals surface area contributed by atoms with Gasteiger partial charge in [0.05, 0.1) is 27.9 Å². The quantitative estimate of drug-likeness (QED) is 0.553. The Morgan fingerprint density at radius 1 is 1.18 bits per heavy atom. The molecule has 2 atom stereocenters. The molecule has 34 heavy (non-hydrogen) atoms. The second kappa shape index (κ2) is 8.91. The fourth-order valence-electron chi connectivity index (χ4n) is 4.45. The van der Waals surface area contributed by atoms with Gasteiger partial charge in [0, 0.05) is 36.6 Å². The summed E-state index contributed by atoms with van der Waals surface area (Å²) < 4.78 is 12.2. The number of benzene rings is 2. The molecule has 1 fully saturated rings. The number of rotatable bonds is 3. The molecule has 2 aliphatic rings. The summed E-state index contributed by atoms with van der Waals surface area (Å²) in [6.45, 7) is 7.48. The summed E-state index contributed by atoms with van der Waals surface area (Å²) in [5.74, 6) is 0.912. The maximum Gasteiger partial charge on any atom is 0.410 e. The second-order valence-corrected chi connectivity index (χ2v) is 10.9. The van der Waals surface area contributed by atoms with Gasteiger partial charge in [0.2, 0.25) is 0 Å². The number of ether oxygens (including phenoxy) is 2. The molecule has 2 amide bonds. The van der Waals surface area contributed by atoms with E-state index in [4.69, 9.17) is 14.5 Å². The normalized spacial score (nSPS) is 20.0. The maximum absolute atomic E-state index is 13.0. The third-order valence-corrected chi connectivity index (χ3v) is 7.30. The molecule has 1 aromatic heterocycles. The first-order valence-corrected chi connectivity index (χ1v) is 12.5. The van der Waals surface area contributed by atoms with Crippen LogP contribution in [0.4, 0.5) is 4.79 Å². The molecular weight excluding hydrogens is 450 g/mol. The first kappa shape index (κ1) is 22.7. The van der Waals surface area contributed by atoms with Gasteiger partial charge < -0.3 is 19.7 Å². The van der Waals surface area contributed by atoms with Crippen LogP contribution in [0.3, 0.4) is 0 Å². The highest BCUT2D eigenvalue weighted by Gasteiger charge is 2.32. The summed E-state index contributed by atoms with van der Waals surface area (Å²) in [7, 11) is 0. The molecule has 8 heteroatoms. The van der Waals surface area contributed by atoms with Crippen LogP contribution < -0.4 is 10.1 Å². The van der Waals surface area contributed by atoms with E-state index >= 15 is 0 Å². The van der Waals surface area contributed by atoms with Gasteiger partial charge in [-0.3, -0.25) is 4.79 Å². The molecule has 1 saturated heterocycles. The lowest BCUT2D eigenvalue weighted by molar-refractivity contribution is 0.0292. The minimum Gasteiger partial charge on any atom is -0.493 e. The number of thiazole rings is 1. The Morgan fingerprint density at radius 3 is 2.82 bits per heavy atom. The molecule has 2 unspecified atom stereocenters. The van der Waals surface area contributed by atoms with E-state index in [1.807, 2.05) is 63.2 Å². The van der Waals surface area contributed by atoms with Crippen LogP contribution in [0, 0.1) is 0 Å². The van der Waals surface area contributed by atoms with Gasteiger partial charge in [-0.15, -0.1) is 11.3 Å². The first-order valence-electron chi connectivity index (χ1n) is 11.7. The fourth-order valence-corrected chi connectivity index (χ4v) is 5.58. The van der Waals surface area contributed by atoms with Crippen molar-refractivity contribution in [1.82, 2.24) is 15.2 Å². The standard InChI is InChI=1S/C26H29N3O4S/c1-26(2,3)33-25(31)29-12-10-17(15-29)24-28-20-9-8-16(14-22(20)34-24)23(30)27-19-11-13-32-21-7-5-4-6-18(19)21/h4-9,14,17,19H,10-13,15H2,1-3H3,(H,27,30). The zero-order valence-corrected chi connectivity index (χ0v) is 20.5. The molecular formula is C26H29N3O4S. The van der Waals surface area contributed by atoms with Crippen LogP contribution >= 0.6 is 11.3 Å². The van der Waals surface area contributed by atoms with Crippen molar-refractivity contribution >= 4 is 33.6 Å².